The Bertz CT molecular complexity index is 607. The fraction of sp³-hybridized carbons (Fsp3) is 0.619. The highest BCUT2D eigenvalue weighted by Gasteiger charge is 2.12. The monoisotopic (exact) mass is 426 g/mol. The van der Waals surface area contributed by atoms with Gasteiger partial charge >= 0.3 is 11.9 Å². The van der Waals surface area contributed by atoms with Gasteiger partial charge in [-0.3, -0.25) is 4.90 Å². The van der Waals surface area contributed by atoms with E-state index >= 15 is 0 Å². The zero-order chi connectivity index (χ0) is 22.2. The molecule has 0 bridgehead atoms. The fourth-order valence-corrected chi connectivity index (χ4v) is 2.57. The van der Waals surface area contributed by atoms with Crippen LogP contribution in [0.15, 0.2) is 24.3 Å². The molecule has 1 aliphatic heterocycles. The van der Waals surface area contributed by atoms with Crippen LogP contribution in [0.25, 0.3) is 0 Å². The van der Waals surface area contributed by atoms with Gasteiger partial charge in [-0.1, -0.05) is 19.4 Å². The maximum atomic E-state index is 9.10. The Morgan fingerprint density at radius 1 is 0.933 bits per heavy atom. The van der Waals surface area contributed by atoms with Crippen molar-refractivity contribution in [2.45, 2.75) is 19.8 Å². The number of likely N-dealkylation sites (N-methyl/N-ethyl adjacent to an activating group) is 1. The number of nitrogens with zero attached hydrogens (tertiary/aromatic N) is 2. The van der Waals surface area contributed by atoms with Crippen LogP contribution in [0, 0.1) is 0 Å². The van der Waals surface area contributed by atoms with Gasteiger partial charge in [0.25, 0.3) is 0 Å². The molecule has 0 radical (unpaired) electrons. The quantitative estimate of drug-likeness (QED) is 0.403. The predicted molar refractivity (Wildman–Crippen MR) is 112 cm³/mol. The summed E-state index contributed by atoms with van der Waals surface area (Å²) >= 11 is 0. The Balaban J connectivity index is 0.000000656. The Kier molecular flexibility index (Phi) is 13.2. The number of benzene rings is 1. The zero-order valence-corrected chi connectivity index (χ0v) is 17.9. The average molecular weight is 427 g/mol. The summed E-state index contributed by atoms with van der Waals surface area (Å²) in [4.78, 5) is 23.0. The maximum absolute atomic E-state index is 9.10. The van der Waals surface area contributed by atoms with Crippen LogP contribution in [-0.2, 0) is 14.3 Å². The van der Waals surface area contributed by atoms with E-state index in [9.17, 15) is 0 Å². The Morgan fingerprint density at radius 2 is 1.53 bits per heavy atom. The first kappa shape index (κ1) is 25.7. The molecular weight excluding hydrogens is 392 g/mol. The van der Waals surface area contributed by atoms with Crippen molar-refractivity contribution >= 4 is 11.9 Å². The first-order chi connectivity index (χ1) is 14.4. The van der Waals surface area contributed by atoms with Crippen molar-refractivity contribution in [2.75, 3.05) is 66.2 Å². The van der Waals surface area contributed by atoms with Gasteiger partial charge in [0.2, 0.25) is 0 Å². The van der Waals surface area contributed by atoms with Gasteiger partial charge in [-0.2, -0.15) is 0 Å². The van der Waals surface area contributed by atoms with E-state index in [1.54, 1.807) is 0 Å². The number of hydrogen-bond acceptors (Lipinski definition) is 7. The molecule has 0 unspecified atom stereocenters. The van der Waals surface area contributed by atoms with Crippen molar-refractivity contribution in [1.29, 1.82) is 0 Å². The standard InChI is InChI=1S/C19H32N2O3.C2H2O4/c1-3-4-13-23-18-6-5-7-19(17-18)24-16-15-22-14-12-21-10-8-20(2)9-11-21;3-1(4)2(5)6/h5-7,17H,3-4,8-16H2,1-2H3;(H,3,4)(H,5,6). The Morgan fingerprint density at radius 3 is 2.10 bits per heavy atom. The molecular formula is C21H34N2O7. The van der Waals surface area contributed by atoms with E-state index in [4.69, 9.17) is 34.0 Å². The highest BCUT2D eigenvalue weighted by molar-refractivity contribution is 6.27. The summed E-state index contributed by atoms with van der Waals surface area (Å²) in [6.45, 7) is 10.5. The van der Waals surface area contributed by atoms with Crippen molar-refractivity contribution < 1.29 is 34.0 Å². The van der Waals surface area contributed by atoms with Crippen LogP contribution in [0.5, 0.6) is 11.5 Å². The third-order valence-corrected chi connectivity index (χ3v) is 4.40. The van der Waals surface area contributed by atoms with E-state index in [0.717, 1.165) is 70.3 Å². The summed E-state index contributed by atoms with van der Waals surface area (Å²) in [5, 5.41) is 14.8. The van der Waals surface area contributed by atoms with Crippen LogP contribution in [0.3, 0.4) is 0 Å². The zero-order valence-electron chi connectivity index (χ0n) is 17.9. The summed E-state index contributed by atoms with van der Waals surface area (Å²) in [6, 6.07) is 7.83. The number of ether oxygens (including phenoxy) is 3. The van der Waals surface area contributed by atoms with E-state index < -0.39 is 11.9 Å². The molecule has 1 aromatic carbocycles. The third kappa shape index (κ3) is 12.3. The molecule has 1 heterocycles. The molecule has 1 aliphatic rings. The van der Waals surface area contributed by atoms with Crippen LogP contribution in [0.4, 0.5) is 0 Å². The second-order valence-corrected chi connectivity index (χ2v) is 6.89. The molecule has 170 valence electrons. The van der Waals surface area contributed by atoms with Crippen molar-refractivity contribution in [3.8, 4) is 11.5 Å². The Hall–Kier alpha value is -2.36. The Labute approximate surface area is 178 Å². The number of rotatable bonds is 11. The van der Waals surface area contributed by atoms with Gasteiger partial charge in [-0.05, 0) is 25.6 Å². The highest BCUT2D eigenvalue weighted by Crippen LogP contribution is 2.19. The van der Waals surface area contributed by atoms with Gasteiger partial charge in [-0.15, -0.1) is 0 Å². The van der Waals surface area contributed by atoms with Crippen LogP contribution in [0.1, 0.15) is 19.8 Å². The van der Waals surface area contributed by atoms with Gasteiger partial charge in [0.05, 0.1) is 19.8 Å². The number of carbonyl (C=O) groups is 2. The predicted octanol–water partition coefficient (Wildman–Crippen LogP) is 1.66. The molecule has 1 aromatic rings. The van der Waals surface area contributed by atoms with E-state index in [0.29, 0.717) is 13.2 Å². The average Bonchev–Trinajstić information content (AvgIpc) is 2.73. The molecule has 0 amide bonds. The minimum atomic E-state index is -1.82. The van der Waals surface area contributed by atoms with E-state index in [1.165, 1.54) is 0 Å². The molecule has 1 fully saturated rings. The van der Waals surface area contributed by atoms with Crippen molar-refractivity contribution in [3.63, 3.8) is 0 Å². The van der Waals surface area contributed by atoms with Crippen molar-refractivity contribution in [2.24, 2.45) is 0 Å². The van der Waals surface area contributed by atoms with Crippen molar-refractivity contribution in [3.05, 3.63) is 24.3 Å². The normalized spacial score (nSPS) is 14.5. The summed E-state index contributed by atoms with van der Waals surface area (Å²) < 4.78 is 17.1. The largest absolute Gasteiger partial charge is 0.493 e. The second kappa shape index (κ2) is 15.5. The molecule has 0 spiro atoms. The van der Waals surface area contributed by atoms with E-state index in [2.05, 4.69) is 23.8 Å². The topological polar surface area (TPSA) is 109 Å². The molecule has 0 aromatic heterocycles. The van der Waals surface area contributed by atoms with Crippen molar-refractivity contribution in [1.82, 2.24) is 9.80 Å². The fourth-order valence-electron chi connectivity index (χ4n) is 2.57. The summed E-state index contributed by atoms with van der Waals surface area (Å²) in [5.41, 5.74) is 0. The first-order valence-corrected chi connectivity index (χ1v) is 10.2. The van der Waals surface area contributed by atoms with Crippen LogP contribution in [-0.4, -0.2) is 98.2 Å². The minimum Gasteiger partial charge on any atom is -0.493 e. The number of unbranched alkanes of at least 4 members (excludes halogenated alkanes) is 1. The lowest BCUT2D eigenvalue weighted by atomic mass is 10.3. The number of piperazine rings is 1. The molecule has 0 aliphatic carbocycles. The smallest absolute Gasteiger partial charge is 0.414 e. The number of aliphatic carboxylic acids is 2. The minimum absolute atomic E-state index is 0.571. The van der Waals surface area contributed by atoms with Gasteiger partial charge in [0, 0.05) is 38.8 Å². The summed E-state index contributed by atoms with van der Waals surface area (Å²) in [6.07, 6.45) is 2.22. The molecule has 1 saturated heterocycles. The molecule has 9 heteroatoms. The second-order valence-electron chi connectivity index (χ2n) is 6.89. The van der Waals surface area contributed by atoms with Crippen LogP contribution >= 0.6 is 0 Å². The lowest BCUT2D eigenvalue weighted by Crippen LogP contribution is -2.45. The maximum Gasteiger partial charge on any atom is 0.414 e. The van der Waals surface area contributed by atoms with Crippen LogP contribution in [0.2, 0.25) is 0 Å². The third-order valence-electron chi connectivity index (χ3n) is 4.40. The summed E-state index contributed by atoms with van der Waals surface area (Å²) in [5.74, 6) is -1.94. The molecule has 9 nitrogen and oxygen atoms in total. The van der Waals surface area contributed by atoms with Gasteiger partial charge in [0.1, 0.15) is 18.1 Å². The number of carboxylic acid groups (broad SMARTS) is 2. The first-order valence-electron chi connectivity index (χ1n) is 10.2. The van der Waals surface area contributed by atoms with E-state index in [1.807, 2.05) is 24.3 Å². The number of hydrogen-bond donors (Lipinski definition) is 2. The molecule has 0 saturated carbocycles. The molecule has 2 rings (SSSR count). The van der Waals surface area contributed by atoms with E-state index in [-0.39, 0.29) is 0 Å². The summed E-state index contributed by atoms with van der Waals surface area (Å²) in [7, 11) is 2.18. The molecule has 0 atom stereocenters. The van der Waals surface area contributed by atoms with Gasteiger partial charge < -0.3 is 29.3 Å². The lowest BCUT2D eigenvalue weighted by molar-refractivity contribution is -0.159. The molecule has 30 heavy (non-hydrogen) atoms. The number of carboxylic acids is 2. The van der Waals surface area contributed by atoms with Crippen LogP contribution < -0.4 is 9.47 Å². The highest BCUT2D eigenvalue weighted by atomic mass is 16.5. The lowest BCUT2D eigenvalue weighted by Gasteiger charge is -2.32. The molecule has 2 N–H and O–H groups in total. The SMILES string of the molecule is CCCCOc1cccc(OCCOCCN2CCN(C)CC2)c1.O=C(O)C(=O)O. The van der Waals surface area contributed by atoms with Gasteiger partial charge in [-0.25, -0.2) is 9.59 Å². The van der Waals surface area contributed by atoms with Gasteiger partial charge in [0.15, 0.2) is 0 Å².